The van der Waals surface area contributed by atoms with E-state index in [0.29, 0.717) is 11.3 Å². The van der Waals surface area contributed by atoms with Gasteiger partial charge in [0.1, 0.15) is 5.75 Å². The van der Waals surface area contributed by atoms with Crippen molar-refractivity contribution in [2.24, 2.45) is 0 Å². The summed E-state index contributed by atoms with van der Waals surface area (Å²) in [5, 5.41) is 12.2. The van der Waals surface area contributed by atoms with Gasteiger partial charge in [-0.15, -0.1) is 0 Å². The van der Waals surface area contributed by atoms with Crippen molar-refractivity contribution < 1.29 is 4.74 Å². The van der Waals surface area contributed by atoms with E-state index in [0.717, 1.165) is 11.3 Å². The first-order chi connectivity index (χ1) is 9.24. The second kappa shape index (κ2) is 5.87. The summed E-state index contributed by atoms with van der Waals surface area (Å²) in [4.78, 5) is 4.00. The highest BCUT2D eigenvalue weighted by Crippen LogP contribution is 2.28. The Balaban J connectivity index is 2.22. The van der Waals surface area contributed by atoms with Gasteiger partial charge in [-0.3, -0.25) is 4.98 Å². The zero-order valence-corrected chi connectivity index (χ0v) is 10.9. The van der Waals surface area contributed by atoms with Crippen molar-refractivity contribution in [3.8, 4) is 11.8 Å². The second-order valence-electron chi connectivity index (χ2n) is 4.17. The summed E-state index contributed by atoms with van der Waals surface area (Å²) in [5.74, 6) is 0.667. The number of aromatic nitrogens is 1. The third-order valence-corrected chi connectivity index (χ3v) is 2.91. The van der Waals surface area contributed by atoms with Crippen LogP contribution in [0, 0.1) is 11.3 Å². The average molecular weight is 253 g/mol. The average Bonchev–Trinajstić information content (AvgIpc) is 2.48. The Bertz CT molecular complexity index is 590. The molecule has 0 amide bonds. The number of rotatable bonds is 4. The highest BCUT2D eigenvalue weighted by Gasteiger charge is 2.09. The minimum absolute atomic E-state index is 0.129. The lowest BCUT2D eigenvalue weighted by Crippen LogP contribution is -2.07. The molecular formula is C15H15N3O. The number of nitrogens with one attached hydrogen (secondary N) is 1. The van der Waals surface area contributed by atoms with Crippen molar-refractivity contribution in [3.05, 3.63) is 53.9 Å². The minimum Gasteiger partial charge on any atom is -0.495 e. The monoisotopic (exact) mass is 253 g/mol. The topological polar surface area (TPSA) is 57.9 Å². The van der Waals surface area contributed by atoms with Crippen LogP contribution in [0.25, 0.3) is 0 Å². The van der Waals surface area contributed by atoms with Gasteiger partial charge in [0.2, 0.25) is 0 Å². The standard InChI is InChI=1S/C15H15N3O/c1-11(13-5-7-17-8-6-13)18-14-4-3-12(10-16)9-15(14)19-2/h3-9,11,18H,1-2H3. The lowest BCUT2D eigenvalue weighted by molar-refractivity contribution is 0.416. The van der Waals surface area contributed by atoms with Crippen molar-refractivity contribution in [2.75, 3.05) is 12.4 Å². The molecule has 4 nitrogen and oxygen atoms in total. The molecule has 96 valence electrons. The molecule has 1 N–H and O–H groups in total. The lowest BCUT2D eigenvalue weighted by atomic mass is 10.1. The molecule has 0 saturated heterocycles. The highest BCUT2D eigenvalue weighted by atomic mass is 16.5. The summed E-state index contributed by atoms with van der Waals surface area (Å²) in [7, 11) is 1.60. The predicted molar refractivity (Wildman–Crippen MR) is 74.0 cm³/mol. The van der Waals surface area contributed by atoms with E-state index in [-0.39, 0.29) is 6.04 Å². The van der Waals surface area contributed by atoms with E-state index in [1.54, 1.807) is 31.6 Å². The molecule has 2 aromatic rings. The van der Waals surface area contributed by atoms with Gasteiger partial charge in [-0.1, -0.05) is 0 Å². The summed E-state index contributed by atoms with van der Waals surface area (Å²) in [6.07, 6.45) is 3.53. The van der Waals surface area contributed by atoms with Crippen molar-refractivity contribution in [1.82, 2.24) is 4.98 Å². The van der Waals surface area contributed by atoms with Gasteiger partial charge < -0.3 is 10.1 Å². The fourth-order valence-corrected chi connectivity index (χ4v) is 1.85. The number of hydrogen-bond acceptors (Lipinski definition) is 4. The quantitative estimate of drug-likeness (QED) is 0.909. The first-order valence-corrected chi connectivity index (χ1v) is 5.99. The molecule has 0 aliphatic rings. The maximum Gasteiger partial charge on any atom is 0.143 e. The second-order valence-corrected chi connectivity index (χ2v) is 4.17. The number of nitriles is 1. The molecule has 4 heteroatoms. The van der Waals surface area contributed by atoms with Crippen LogP contribution in [0.15, 0.2) is 42.7 Å². The van der Waals surface area contributed by atoms with Gasteiger partial charge in [-0.05, 0) is 36.8 Å². The van der Waals surface area contributed by atoms with Gasteiger partial charge in [0.25, 0.3) is 0 Å². The first-order valence-electron chi connectivity index (χ1n) is 5.99. The van der Waals surface area contributed by atoms with Gasteiger partial charge in [-0.2, -0.15) is 5.26 Å². The van der Waals surface area contributed by atoms with E-state index >= 15 is 0 Å². The van der Waals surface area contributed by atoms with E-state index < -0.39 is 0 Å². The van der Waals surface area contributed by atoms with Crippen LogP contribution in [0.2, 0.25) is 0 Å². The molecule has 1 aromatic carbocycles. The van der Waals surface area contributed by atoms with Crippen LogP contribution in [-0.4, -0.2) is 12.1 Å². The molecule has 2 rings (SSSR count). The van der Waals surface area contributed by atoms with Crippen LogP contribution in [-0.2, 0) is 0 Å². The van der Waals surface area contributed by atoms with E-state index in [9.17, 15) is 0 Å². The van der Waals surface area contributed by atoms with Crippen molar-refractivity contribution in [1.29, 1.82) is 5.26 Å². The van der Waals surface area contributed by atoms with Crippen LogP contribution < -0.4 is 10.1 Å². The zero-order valence-electron chi connectivity index (χ0n) is 10.9. The lowest BCUT2D eigenvalue weighted by Gasteiger charge is -2.17. The number of nitrogens with zero attached hydrogens (tertiary/aromatic N) is 2. The molecule has 1 atom stereocenters. The number of methoxy groups -OCH3 is 1. The summed E-state index contributed by atoms with van der Waals surface area (Å²) in [5.41, 5.74) is 2.59. The molecule has 0 saturated carbocycles. The third-order valence-electron chi connectivity index (χ3n) is 2.91. The van der Waals surface area contributed by atoms with Crippen molar-refractivity contribution in [3.63, 3.8) is 0 Å². The van der Waals surface area contributed by atoms with Crippen LogP contribution in [0.4, 0.5) is 5.69 Å². The Morgan fingerprint density at radius 1 is 1.26 bits per heavy atom. The van der Waals surface area contributed by atoms with Crippen LogP contribution in [0.1, 0.15) is 24.1 Å². The molecule has 19 heavy (non-hydrogen) atoms. The largest absolute Gasteiger partial charge is 0.495 e. The van der Waals surface area contributed by atoms with E-state index in [1.807, 2.05) is 18.2 Å². The number of hydrogen-bond donors (Lipinski definition) is 1. The minimum atomic E-state index is 0.129. The summed E-state index contributed by atoms with van der Waals surface area (Å²) in [6, 6.07) is 11.5. The van der Waals surface area contributed by atoms with Crippen LogP contribution in [0.3, 0.4) is 0 Å². The summed E-state index contributed by atoms with van der Waals surface area (Å²) < 4.78 is 5.30. The van der Waals surface area contributed by atoms with E-state index in [4.69, 9.17) is 10.00 Å². The van der Waals surface area contributed by atoms with Gasteiger partial charge in [0.15, 0.2) is 0 Å². The Morgan fingerprint density at radius 2 is 2.00 bits per heavy atom. The number of ether oxygens (including phenoxy) is 1. The molecule has 0 aliphatic carbocycles. The number of benzene rings is 1. The van der Waals surface area contributed by atoms with Gasteiger partial charge in [0.05, 0.1) is 24.4 Å². The molecule has 0 spiro atoms. The summed E-state index contributed by atoms with van der Waals surface area (Å²) >= 11 is 0. The first kappa shape index (κ1) is 12.9. The predicted octanol–water partition coefficient (Wildman–Crippen LogP) is 3.13. The number of pyridine rings is 1. The maximum absolute atomic E-state index is 8.88. The molecule has 0 fully saturated rings. The third kappa shape index (κ3) is 3.02. The van der Waals surface area contributed by atoms with Crippen molar-refractivity contribution in [2.45, 2.75) is 13.0 Å². The molecular weight excluding hydrogens is 238 g/mol. The van der Waals surface area contributed by atoms with E-state index in [2.05, 4.69) is 23.3 Å². The number of anilines is 1. The Kier molecular flexibility index (Phi) is 3.99. The molecule has 0 radical (unpaired) electrons. The maximum atomic E-state index is 8.88. The normalized spacial score (nSPS) is 11.4. The van der Waals surface area contributed by atoms with E-state index in [1.165, 1.54) is 0 Å². The highest BCUT2D eigenvalue weighted by molar-refractivity contribution is 5.60. The zero-order chi connectivity index (χ0) is 13.7. The Labute approximate surface area is 112 Å². The fourth-order valence-electron chi connectivity index (χ4n) is 1.85. The Morgan fingerprint density at radius 3 is 2.63 bits per heavy atom. The molecule has 1 heterocycles. The molecule has 0 bridgehead atoms. The SMILES string of the molecule is COc1cc(C#N)ccc1NC(C)c1ccncc1. The fraction of sp³-hybridized carbons (Fsp3) is 0.200. The van der Waals surface area contributed by atoms with Gasteiger partial charge >= 0.3 is 0 Å². The van der Waals surface area contributed by atoms with Crippen LogP contribution in [0.5, 0.6) is 5.75 Å². The molecule has 1 aromatic heterocycles. The summed E-state index contributed by atoms with van der Waals surface area (Å²) in [6.45, 7) is 2.06. The Hall–Kier alpha value is -2.54. The van der Waals surface area contributed by atoms with Crippen molar-refractivity contribution >= 4 is 5.69 Å². The van der Waals surface area contributed by atoms with Gasteiger partial charge in [-0.25, -0.2) is 0 Å². The van der Waals surface area contributed by atoms with Crippen LogP contribution >= 0.6 is 0 Å². The molecule has 0 aliphatic heterocycles. The molecule has 1 unspecified atom stereocenters. The smallest absolute Gasteiger partial charge is 0.143 e. The van der Waals surface area contributed by atoms with Gasteiger partial charge in [0, 0.05) is 24.5 Å².